The van der Waals surface area contributed by atoms with Gasteiger partial charge in [-0.25, -0.2) is 9.78 Å². The fraction of sp³-hybridized carbons (Fsp3) is 0.440. The number of hydrogen-bond acceptors (Lipinski definition) is 3. The molecule has 2 aromatic carbocycles. The van der Waals surface area contributed by atoms with Crippen molar-refractivity contribution in [3.05, 3.63) is 58.4 Å². The first-order chi connectivity index (χ1) is 13.5. The van der Waals surface area contributed by atoms with Gasteiger partial charge in [-0.3, -0.25) is 4.57 Å². The maximum absolute atomic E-state index is 11.9. The molecular formula is C25H30N2O2. The van der Waals surface area contributed by atoms with Crippen molar-refractivity contribution in [2.45, 2.75) is 65.2 Å². The van der Waals surface area contributed by atoms with E-state index in [0.29, 0.717) is 5.56 Å². The third-order valence-corrected chi connectivity index (χ3v) is 6.65. The zero-order valence-electron chi connectivity index (χ0n) is 18.5. The summed E-state index contributed by atoms with van der Waals surface area (Å²) in [5, 5.41) is 0. The SMILES string of the molecule is COC(=O)c1ccc2c(c1)nc(C)n2-c1cc2c(cc1C)C(C)(C)CCC2(C)C. The van der Waals surface area contributed by atoms with Crippen molar-refractivity contribution in [3.8, 4) is 5.69 Å². The van der Waals surface area contributed by atoms with Crippen LogP contribution in [-0.4, -0.2) is 22.6 Å². The predicted molar refractivity (Wildman–Crippen MR) is 117 cm³/mol. The number of hydrogen-bond donors (Lipinski definition) is 0. The monoisotopic (exact) mass is 390 g/mol. The topological polar surface area (TPSA) is 44.1 Å². The normalized spacial score (nSPS) is 17.2. The maximum Gasteiger partial charge on any atom is 0.337 e. The van der Waals surface area contributed by atoms with Crippen molar-refractivity contribution in [2.24, 2.45) is 0 Å². The molecule has 0 fully saturated rings. The highest BCUT2D eigenvalue weighted by molar-refractivity contribution is 5.94. The fourth-order valence-electron chi connectivity index (χ4n) is 4.70. The summed E-state index contributed by atoms with van der Waals surface area (Å²) in [5.74, 6) is 0.575. The molecule has 0 saturated carbocycles. The summed E-state index contributed by atoms with van der Waals surface area (Å²) >= 11 is 0. The molecule has 0 radical (unpaired) electrons. The molecule has 29 heavy (non-hydrogen) atoms. The number of rotatable bonds is 2. The highest BCUT2D eigenvalue weighted by Gasteiger charge is 2.37. The van der Waals surface area contributed by atoms with Crippen LogP contribution in [0.1, 0.15) is 73.4 Å². The largest absolute Gasteiger partial charge is 0.465 e. The van der Waals surface area contributed by atoms with Crippen LogP contribution in [0.2, 0.25) is 0 Å². The first-order valence-corrected chi connectivity index (χ1v) is 10.3. The van der Waals surface area contributed by atoms with Crippen molar-refractivity contribution in [3.63, 3.8) is 0 Å². The Bertz CT molecular complexity index is 1140. The van der Waals surface area contributed by atoms with Gasteiger partial charge >= 0.3 is 5.97 Å². The van der Waals surface area contributed by atoms with Gasteiger partial charge in [-0.15, -0.1) is 0 Å². The minimum atomic E-state index is -0.340. The second-order valence-electron chi connectivity index (χ2n) is 9.64. The number of methoxy groups -OCH3 is 1. The Balaban J connectivity index is 1.95. The molecule has 0 amide bonds. The number of aromatic nitrogens is 2. The summed E-state index contributed by atoms with van der Waals surface area (Å²) in [6, 6.07) is 10.3. The fourth-order valence-corrected chi connectivity index (χ4v) is 4.70. The summed E-state index contributed by atoms with van der Waals surface area (Å²) in [7, 11) is 1.40. The zero-order chi connectivity index (χ0) is 21.1. The molecule has 4 rings (SSSR count). The maximum atomic E-state index is 11.9. The molecule has 0 N–H and O–H groups in total. The molecule has 0 aliphatic heterocycles. The summed E-state index contributed by atoms with van der Waals surface area (Å²) in [4.78, 5) is 16.6. The van der Waals surface area contributed by atoms with Gasteiger partial charge in [0.05, 0.1) is 29.4 Å². The standard InChI is InChI=1S/C25H30N2O2/c1-15-12-18-19(25(5,6)11-10-24(18,3)4)14-22(15)27-16(2)26-20-13-17(23(28)29-7)8-9-21(20)27/h8-9,12-14H,10-11H2,1-7H3. The van der Waals surface area contributed by atoms with Gasteiger partial charge in [-0.2, -0.15) is 0 Å². The van der Waals surface area contributed by atoms with Crippen molar-refractivity contribution < 1.29 is 9.53 Å². The lowest BCUT2D eigenvalue weighted by Crippen LogP contribution is -2.34. The summed E-state index contributed by atoms with van der Waals surface area (Å²) in [5.41, 5.74) is 7.98. The van der Waals surface area contributed by atoms with Gasteiger partial charge in [-0.1, -0.05) is 33.8 Å². The van der Waals surface area contributed by atoms with E-state index in [9.17, 15) is 4.79 Å². The molecule has 152 valence electrons. The van der Waals surface area contributed by atoms with Crippen molar-refractivity contribution >= 4 is 17.0 Å². The number of carbonyl (C=O) groups is 1. The van der Waals surface area contributed by atoms with Crippen molar-refractivity contribution in [1.82, 2.24) is 9.55 Å². The van der Waals surface area contributed by atoms with Crippen molar-refractivity contribution in [1.29, 1.82) is 0 Å². The van der Waals surface area contributed by atoms with E-state index in [1.165, 1.54) is 42.3 Å². The Morgan fingerprint density at radius 2 is 1.62 bits per heavy atom. The van der Waals surface area contributed by atoms with Crippen LogP contribution >= 0.6 is 0 Å². The Hall–Kier alpha value is -2.62. The Morgan fingerprint density at radius 3 is 2.24 bits per heavy atom. The quantitative estimate of drug-likeness (QED) is 0.521. The lowest BCUT2D eigenvalue weighted by Gasteiger charge is -2.42. The number of carbonyl (C=O) groups excluding carboxylic acids is 1. The van der Waals surface area contributed by atoms with Crippen LogP contribution in [0.4, 0.5) is 0 Å². The van der Waals surface area contributed by atoms with Crippen LogP contribution in [0.3, 0.4) is 0 Å². The number of nitrogens with zero attached hydrogens (tertiary/aromatic N) is 2. The van der Waals surface area contributed by atoms with Crippen LogP contribution in [-0.2, 0) is 15.6 Å². The van der Waals surface area contributed by atoms with Gasteiger partial charge < -0.3 is 4.74 Å². The van der Waals surface area contributed by atoms with Crippen molar-refractivity contribution in [2.75, 3.05) is 7.11 Å². The third-order valence-electron chi connectivity index (χ3n) is 6.65. The minimum Gasteiger partial charge on any atom is -0.465 e. The van der Waals surface area contributed by atoms with Crippen LogP contribution < -0.4 is 0 Å². The second kappa shape index (κ2) is 6.45. The van der Waals surface area contributed by atoms with Crippen LogP contribution in [0.25, 0.3) is 16.7 Å². The lowest BCUT2D eigenvalue weighted by molar-refractivity contribution is 0.0601. The Kier molecular flexibility index (Phi) is 4.38. The van der Waals surface area contributed by atoms with Crippen LogP contribution in [0, 0.1) is 13.8 Å². The van der Waals surface area contributed by atoms with Gasteiger partial charge in [0.15, 0.2) is 0 Å². The highest BCUT2D eigenvalue weighted by Crippen LogP contribution is 2.47. The number of benzene rings is 2. The second-order valence-corrected chi connectivity index (χ2v) is 9.64. The number of esters is 1. The molecule has 1 aliphatic rings. The molecule has 1 heterocycles. The molecule has 0 unspecified atom stereocenters. The summed E-state index contributed by atoms with van der Waals surface area (Å²) in [6.07, 6.45) is 2.39. The molecule has 0 bridgehead atoms. The predicted octanol–water partition coefficient (Wildman–Crippen LogP) is 5.78. The number of fused-ring (bicyclic) bond motifs is 2. The van der Waals surface area contributed by atoms with E-state index in [-0.39, 0.29) is 16.8 Å². The molecule has 1 aromatic heterocycles. The molecule has 3 aromatic rings. The molecule has 0 atom stereocenters. The van der Waals surface area contributed by atoms with E-state index in [0.717, 1.165) is 16.9 Å². The number of imidazole rings is 1. The molecule has 4 heteroatoms. The van der Waals surface area contributed by atoms with E-state index in [2.05, 4.69) is 51.3 Å². The first kappa shape index (κ1) is 19.7. The van der Waals surface area contributed by atoms with E-state index in [1.807, 2.05) is 25.1 Å². The van der Waals surface area contributed by atoms with Gasteiger partial charge in [-0.05, 0) is 78.5 Å². The molecule has 0 saturated heterocycles. The zero-order valence-corrected chi connectivity index (χ0v) is 18.5. The van der Waals surface area contributed by atoms with Gasteiger partial charge in [0.1, 0.15) is 5.82 Å². The van der Waals surface area contributed by atoms with E-state index < -0.39 is 0 Å². The minimum absolute atomic E-state index is 0.148. The Labute approximate surface area is 172 Å². The summed E-state index contributed by atoms with van der Waals surface area (Å²) < 4.78 is 7.07. The smallest absolute Gasteiger partial charge is 0.337 e. The van der Waals surface area contributed by atoms with E-state index in [4.69, 9.17) is 9.72 Å². The van der Waals surface area contributed by atoms with Crippen LogP contribution in [0.15, 0.2) is 30.3 Å². The number of aryl methyl sites for hydroxylation is 2. The molecule has 0 spiro atoms. The van der Waals surface area contributed by atoms with Gasteiger partial charge in [0.2, 0.25) is 0 Å². The van der Waals surface area contributed by atoms with E-state index >= 15 is 0 Å². The van der Waals surface area contributed by atoms with Gasteiger partial charge in [0.25, 0.3) is 0 Å². The average molecular weight is 391 g/mol. The average Bonchev–Trinajstić information content (AvgIpc) is 2.99. The van der Waals surface area contributed by atoms with Gasteiger partial charge in [0, 0.05) is 0 Å². The Morgan fingerprint density at radius 1 is 1.00 bits per heavy atom. The molecule has 4 nitrogen and oxygen atoms in total. The molecule has 1 aliphatic carbocycles. The third kappa shape index (κ3) is 3.06. The number of ether oxygens (including phenoxy) is 1. The summed E-state index contributed by atoms with van der Waals surface area (Å²) in [6.45, 7) is 13.6. The highest BCUT2D eigenvalue weighted by atomic mass is 16.5. The van der Waals surface area contributed by atoms with E-state index in [1.54, 1.807) is 0 Å². The lowest BCUT2D eigenvalue weighted by atomic mass is 9.63. The first-order valence-electron chi connectivity index (χ1n) is 10.3. The molecular weight excluding hydrogens is 360 g/mol. The van der Waals surface area contributed by atoms with Crippen LogP contribution in [0.5, 0.6) is 0 Å².